The average Bonchev–Trinajstić information content (AvgIpc) is 3.21. The zero-order chi connectivity index (χ0) is 22.4. The number of hydrogen-bond donors (Lipinski definition) is 1. The number of aromatic nitrogens is 3. The summed E-state index contributed by atoms with van der Waals surface area (Å²) in [6.07, 6.45) is 2.79. The Kier molecular flexibility index (Phi) is 4.55. The molecular formula is C24H15F2N3O3. The molecule has 5 rings (SSSR count). The van der Waals surface area contributed by atoms with Crippen LogP contribution in [0.1, 0.15) is 15.9 Å². The van der Waals surface area contributed by atoms with Crippen molar-refractivity contribution >= 4 is 27.8 Å². The van der Waals surface area contributed by atoms with Crippen molar-refractivity contribution in [2.45, 2.75) is 6.54 Å². The number of carboxylic acids is 1. The summed E-state index contributed by atoms with van der Waals surface area (Å²) in [7, 11) is 0. The molecule has 5 aromatic rings. The van der Waals surface area contributed by atoms with Crippen LogP contribution >= 0.6 is 0 Å². The Bertz CT molecular complexity index is 1590. The number of halogens is 2. The van der Waals surface area contributed by atoms with E-state index in [0.717, 1.165) is 34.9 Å². The summed E-state index contributed by atoms with van der Waals surface area (Å²) in [5.41, 5.74) is 0.370. The largest absolute Gasteiger partial charge is 0.477 e. The molecule has 0 unspecified atom stereocenters. The highest BCUT2D eigenvalue weighted by molar-refractivity contribution is 5.93. The van der Waals surface area contributed by atoms with Crippen LogP contribution in [0.4, 0.5) is 8.78 Å². The van der Waals surface area contributed by atoms with Crippen LogP contribution < -0.4 is 5.43 Å². The molecular weight excluding hydrogens is 416 g/mol. The van der Waals surface area contributed by atoms with Gasteiger partial charge in [-0.05, 0) is 35.9 Å². The van der Waals surface area contributed by atoms with Crippen LogP contribution in [-0.2, 0) is 6.54 Å². The first-order valence-electron chi connectivity index (χ1n) is 9.70. The summed E-state index contributed by atoms with van der Waals surface area (Å²) < 4.78 is 32.0. The van der Waals surface area contributed by atoms with Crippen molar-refractivity contribution in [3.63, 3.8) is 0 Å². The number of fused-ring (bicyclic) bond motifs is 2. The maximum Gasteiger partial charge on any atom is 0.341 e. The maximum absolute atomic E-state index is 14.6. The minimum atomic E-state index is -1.51. The Labute approximate surface area is 179 Å². The minimum absolute atomic E-state index is 0.0183. The molecule has 0 atom stereocenters. The monoisotopic (exact) mass is 431 g/mol. The van der Waals surface area contributed by atoms with Gasteiger partial charge in [0, 0.05) is 18.1 Å². The Morgan fingerprint density at radius 2 is 1.78 bits per heavy atom. The van der Waals surface area contributed by atoms with Gasteiger partial charge in [-0.1, -0.05) is 30.3 Å². The van der Waals surface area contributed by atoms with E-state index in [4.69, 9.17) is 0 Å². The van der Waals surface area contributed by atoms with Crippen molar-refractivity contribution in [1.82, 2.24) is 14.3 Å². The molecule has 0 amide bonds. The van der Waals surface area contributed by atoms with Crippen LogP contribution in [-0.4, -0.2) is 25.4 Å². The second-order valence-corrected chi connectivity index (χ2v) is 7.34. The van der Waals surface area contributed by atoms with Gasteiger partial charge in [0.1, 0.15) is 17.2 Å². The molecule has 1 N–H and O–H groups in total. The first-order valence-corrected chi connectivity index (χ1v) is 9.70. The SMILES string of the molecule is O=C(O)c1cn(Cc2cccc(-n3ncc4ccccc43)c2)c2c(F)ccc(F)c2c1=O. The molecule has 0 aliphatic carbocycles. The number of nitrogens with zero attached hydrogens (tertiary/aromatic N) is 3. The average molecular weight is 431 g/mol. The molecule has 0 saturated heterocycles. The fraction of sp³-hybridized carbons (Fsp3) is 0.0417. The Morgan fingerprint density at radius 3 is 2.59 bits per heavy atom. The van der Waals surface area contributed by atoms with Crippen molar-refractivity contribution < 1.29 is 18.7 Å². The lowest BCUT2D eigenvalue weighted by molar-refractivity contribution is 0.0695. The van der Waals surface area contributed by atoms with Crippen LogP contribution in [0.3, 0.4) is 0 Å². The lowest BCUT2D eigenvalue weighted by atomic mass is 10.1. The molecule has 6 nitrogen and oxygen atoms in total. The summed E-state index contributed by atoms with van der Waals surface area (Å²) in [6.45, 7) is 0.0183. The highest BCUT2D eigenvalue weighted by atomic mass is 19.1. The molecule has 32 heavy (non-hydrogen) atoms. The number of rotatable bonds is 4. The van der Waals surface area contributed by atoms with E-state index >= 15 is 0 Å². The third-order valence-corrected chi connectivity index (χ3v) is 5.34. The Morgan fingerprint density at radius 1 is 1.00 bits per heavy atom. The molecule has 0 aliphatic rings. The molecule has 2 heterocycles. The molecule has 0 saturated carbocycles. The van der Waals surface area contributed by atoms with Crippen LogP contribution in [0.2, 0.25) is 0 Å². The van der Waals surface area contributed by atoms with Crippen molar-refractivity contribution in [2.75, 3.05) is 0 Å². The molecule has 0 aliphatic heterocycles. The first kappa shape index (κ1) is 19.6. The van der Waals surface area contributed by atoms with Crippen LogP contribution in [0.5, 0.6) is 0 Å². The van der Waals surface area contributed by atoms with Crippen molar-refractivity contribution in [3.05, 3.63) is 106 Å². The van der Waals surface area contributed by atoms with E-state index in [1.807, 2.05) is 36.4 Å². The van der Waals surface area contributed by atoms with E-state index in [0.29, 0.717) is 5.56 Å². The van der Waals surface area contributed by atoms with Crippen LogP contribution in [0, 0.1) is 11.6 Å². The minimum Gasteiger partial charge on any atom is -0.477 e. The predicted octanol–water partition coefficient (Wildman–Crippen LogP) is 4.37. The van der Waals surface area contributed by atoms with Gasteiger partial charge < -0.3 is 9.67 Å². The molecule has 0 spiro atoms. The second kappa shape index (κ2) is 7.42. The molecule has 2 aromatic heterocycles. The van der Waals surface area contributed by atoms with Crippen molar-refractivity contribution in [3.8, 4) is 5.69 Å². The highest BCUT2D eigenvalue weighted by Crippen LogP contribution is 2.23. The van der Waals surface area contributed by atoms with Gasteiger partial charge in [-0.3, -0.25) is 4.79 Å². The topological polar surface area (TPSA) is 77.1 Å². The van der Waals surface area contributed by atoms with E-state index < -0.39 is 34.0 Å². The van der Waals surface area contributed by atoms with E-state index in [2.05, 4.69) is 5.10 Å². The number of aromatic carboxylic acids is 1. The second-order valence-electron chi connectivity index (χ2n) is 7.34. The smallest absolute Gasteiger partial charge is 0.341 e. The third-order valence-electron chi connectivity index (χ3n) is 5.34. The van der Waals surface area contributed by atoms with Crippen LogP contribution in [0.15, 0.2) is 77.9 Å². The maximum atomic E-state index is 14.6. The number of para-hydroxylation sites is 1. The van der Waals surface area contributed by atoms with Gasteiger partial charge >= 0.3 is 5.97 Å². The number of pyridine rings is 1. The lowest BCUT2D eigenvalue weighted by Gasteiger charge is -2.14. The summed E-state index contributed by atoms with van der Waals surface area (Å²) >= 11 is 0. The number of benzene rings is 3. The van der Waals surface area contributed by atoms with E-state index in [-0.39, 0.29) is 12.1 Å². The quantitative estimate of drug-likeness (QED) is 0.459. The fourth-order valence-corrected chi connectivity index (χ4v) is 3.89. The molecule has 3 aromatic carbocycles. The number of hydrogen-bond acceptors (Lipinski definition) is 3. The Balaban J connectivity index is 1.67. The van der Waals surface area contributed by atoms with Crippen molar-refractivity contribution in [1.29, 1.82) is 0 Å². The zero-order valence-corrected chi connectivity index (χ0v) is 16.5. The third kappa shape index (κ3) is 3.13. The molecule has 0 fully saturated rings. The molecule has 0 radical (unpaired) electrons. The van der Waals surface area contributed by atoms with Gasteiger partial charge in [0.05, 0.1) is 28.3 Å². The van der Waals surface area contributed by atoms with Crippen molar-refractivity contribution in [2.24, 2.45) is 0 Å². The standard InChI is InChI=1S/C24H15F2N3O3/c25-18-8-9-19(26)22-21(18)23(30)17(24(31)32)13-28(22)12-14-4-3-6-16(10-14)29-20-7-2-1-5-15(20)11-27-29/h1-11,13H,12H2,(H,31,32). The Hall–Kier alpha value is -4.33. The van der Waals surface area contributed by atoms with E-state index in [9.17, 15) is 23.5 Å². The van der Waals surface area contributed by atoms with E-state index in [1.165, 1.54) is 4.57 Å². The number of carbonyl (C=O) groups is 1. The molecule has 8 heteroatoms. The fourth-order valence-electron chi connectivity index (χ4n) is 3.89. The lowest BCUT2D eigenvalue weighted by Crippen LogP contribution is -2.21. The van der Waals surface area contributed by atoms with Gasteiger partial charge in [-0.2, -0.15) is 5.10 Å². The molecule has 158 valence electrons. The van der Waals surface area contributed by atoms with Crippen LogP contribution in [0.25, 0.3) is 27.5 Å². The first-order chi connectivity index (χ1) is 15.4. The summed E-state index contributed by atoms with van der Waals surface area (Å²) in [5, 5.41) is 14.2. The van der Waals surface area contributed by atoms with Gasteiger partial charge in [0.15, 0.2) is 0 Å². The summed E-state index contributed by atoms with van der Waals surface area (Å²) in [6, 6.07) is 16.7. The molecule has 0 bridgehead atoms. The van der Waals surface area contributed by atoms with E-state index in [1.54, 1.807) is 23.0 Å². The van der Waals surface area contributed by atoms with Gasteiger partial charge in [0.2, 0.25) is 5.43 Å². The highest BCUT2D eigenvalue weighted by Gasteiger charge is 2.20. The summed E-state index contributed by atoms with van der Waals surface area (Å²) in [4.78, 5) is 24.0. The van der Waals surface area contributed by atoms with Gasteiger partial charge in [-0.25, -0.2) is 18.3 Å². The van der Waals surface area contributed by atoms with Gasteiger partial charge in [0.25, 0.3) is 0 Å². The normalized spacial score (nSPS) is 11.3. The van der Waals surface area contributed by atoms with Gasteiger partial charge in [-0.15, -0.1) is 0 Å². The number of carboxylic acid groups (broad SMARTS) is 1. The zero-order valence-electron chi connectivity index (χ0n) is 16.5. The predicted molar refractivity (Wildman–Crippen MR) is 115 cm³/mol. The summed E-state index contributed by atoms with van der Waals surface area (Å²) in [5.74, 6) is -3.30.